The van der Waals surface area contributed by atoms with Gasteiger partial charge in [-0.3, -0.25) is 0 Å². The summed E-state index contributed by atoms with van der Waals surface area (Å²) >= 11 is 1.36. The number of thiazole rings is 1. The average Bonchev–Trinajstić information content (AvgIpc) is 3.54. The molecule has 2 fully saturated rings. The van der Waals surface area contributed by atoms with E-state index < -0.39 is 5.60 Å². The van der Waals surface area contributed by atoms with Crippen molar-refractivity contribution in [3.63, 3.8) is 0 Å². The molecule has 2 aliphatic rings. The van der Waals surface area contributed by atoms with Crippen molar-refractivity contribution in [3.8, 4) is 21.8 Å². The van der Waals surface area contributed by atoms with Gasteiger partial charge in [-0.25, -0.2) is 0 Å². The van der Waals surface area contributed by atoms with Crippen LogP contribution in [0.15, 0.2) is 36.5 Å². The molecule has 1 unspecified atom stereocenters. The summed E-state index contributed by atoms with van der Waals surface area (Å²) in [5.74, 6) is 0. The van der Waals surface area contributed by atoms with Crippen molar-refractivity contribution in [3.05, 3.63) is 42.1 Å². The van der Waals surface area contributed by atoms with Crippen molar-refractivity contribution in [2.24, 2.45) is 0 Å². The zero-order valence-electron chi connectivity index (χ0n) is 22.2. The number of anilines is 1. The van der Waals surface area contributed by atoms with Gasteiger partial charge in [-0.15, -0.1) is 0 Å². The van der Waals surface area contributed by atoms with Crippen molar-refractivity contribution < 1.29 is 9.53 Å². The number of benzene rings is 1. The molecule has 0 spiro atoms. The summed E-state index contributed by atoms with van der Waals surface area (Å²) in [6.07, 6.45) is 7.06. The molecule has 1 atom stereocenters. The summed E-state index contributed by atoms with van der Waals surface area (Å²) in [6.45, 7) is 10.5. The van der Waals surface area contributed by atoms with Gasteiger partial charge in [-0.1, -0.05) is 0 Å². The maximum absolute atomic E-state index is 12.5. The Balaban J connectivity index is 1.41. The van der Waals surface area contributed by atoms with Crippen LogP contribution in [-0.2, 0) is 4.74 Å². The van der Waals surface area contributed by atoms with Crippen LogP contribution in [0.2, 0.25) is 4.71 Å². The van der Waals surface area contributed by atoms with E-state index in [9.17, 15) is 4.79 Å². The molecule has 1 aliphatic heterocycles. The summed E-state index contributed by atoms with van der Waals surface area (Å²) < 4.78 is 7.45. The third-order valence-electron chi connectivity index (χ3n) is 6.69. The zero-order valence-corrected chi connectivity index (χ0v) is 25.1. The number of carbonyl (C=O) groups excluding carboxylic acids is 1. The van der Waals surface area contributed by atoms with Crippen LogP contribution in [0.4, 0.5) is 9.93 Å². The van der Waals surface area contributed by atoms with Gasteiger partial charge in [0.1, 0.15) is 5.60 Å². The van der Waals surface area contributed by atoms with Crippen LogP contribution in [0.25, 0.3) is 21.8 Å². The molecule has 0 bridgehead atoms. The number of amides is 1. The molecular formula is C28H36AsN5O2S. The quantitative estimate of drug-likeness (QED) is 0.393. The predicted molar refractivity (Wildman–Crippen MR) is 152 cm³/mol. The Morgan fingerprint density at radius 1 is 1.08 bits per heavy atom. The third-order valence-corrected chi connectivity index (χ3v) is 10.9. The molecule has 1 saturated carbocycles. The van der Waals surface area contributed by atoms with Crippen LogP contribution in [0.3, 0.4) is 0 Å². The first-order valence-corrected chi connectivity index (χ1v) is 16.2. The maximum atomic E-state index is 12.5. The minimum absolute atomic E-state index is 0.244. The Bertz CT molecular complexity index is 1240. The molecule has 5 rings (SSSR count). The summed E-state index contributed by atoms with van der Waals surface area (Å²) in [6, 6.07) is 10.6. The molecule has 0 radical (unpaired) electrons. The van der Waals surface area contributed by atoms with Gasteiger partial charge < -0.3 is 0 Å². The van der Waals surface area contributed by atoms with Crippen LogP contribution in [0.5, 0.6) is 0 Å². The molecule has 1 aromatic carbocycles. The second-order valence-corrected chi connectivity index (χ2v) is 15.1. The van der Waals surface area contributed by atoms with Crippen LogP contribution in [0.1, 0.15) is 52.0 Å². The van der Waals surface area contributed by atoms with Crippen molar-refractivity contribution in [2.45, 2.75) is 63.7 Å². The van der Waals surface area contributed by atoms with Gasteiger partial charge in [0.05, 0.1) is 0 Å². The van der Waals surface area contributed by atoms with Gasteiger partial charge in [-0.05, 0) is 20.8 Å². The number of piperazine rings is 1. The summed E-state index contributed by atoms with van der Waals surface area (Å²) in [7, 11) is 0. The standard InChI is InChI=1S/C28H36AsN5O2S/c1-19-8-7-9-20(18-19)23-24(22-12-13-30-25(31-22)29-21-10-5-6-11-21)37-26(32-23)33-14-16-34(17-15-33)27(35)36-28(2,3)4/h7-9,12-13,18,21,29H,5-6,10-11,14-17H2,1-4H3. The van der Waals surface area contributed by atoms with Crippen molar-refractivity contribution in [1.82, 2.24) is 19.9 Å². The first-order valence-electron chi connectivity index (χ1n) is 13.2. The fourth-order valence-corrected chi connectivity index (χ4v) is 8.86. The van der Waals surface area contributed by atoms with E-state index in [1.54, 1.807) is 16.2 Å². The number of rotatable bonds is 5. The molecule has 1 amide bonds. The minimum atomic E-state index is -0.488. The van der Waals surface area contributed by atoms with Gasteiger partial charge >= 0.3 is 205 Å². The number of hydrogen-bond acceptors (Lipinski definition) is 7. The monoisotopic (exact) mass is 581 g/mol. The van der Waals surface area contributed by atoms with Crippen LogP contribution in [0, 0.1) is 6.92 Å². The van der Waals surface area contributed by atoms with Gasteiger partial charge in [0.25, 0.3) is 0 Å². The van der Waals surface area contributed by atoms with Crippen molar-refractivity contribution in [1.29, 1.82) is 0 Å². The number of ether oxygens (including phenoxy) is 1. The van der Waals surface area contributed by atoms with Gasteiger partial charge in [-0.2, -0.15) is 0 Å². The number of aromatic nitrogens is 3. The molecule has 9 heteroatoms. The first kappa shape index (κ1) is 26.2. The average molecular weight is 582 g/mol. The Kier molecular flexibility index (Phi) is 7.87. The zero-order chi connectivity index (χ0) is 26.0. The molecule has 37 heavy (non-hydrogen) atoms. The van der Waals surface area contributed by atoms with Gasteiger partial charge in [0.15, 0.2) is 0 Å². The molecular weight excluding hydrogens is 545 g/mol. The molecule has 3 heterocycles. The summed E-state index contributed by atoms with van der Waals surface area (Å²) in [5.41, 5.74) is 3.78. The molecule has 1 saturated heterocycles. The Morgan fingerprint density at radius 2 is 1.84 bits per heavy atom. The van der Waals surface area contributed by atoms with E-state index in [1.165, 1.54) is 31.2 Å². The Morgan fingerprint density at radius 3 is 2.54 bits per heavy atom. The number of hydrogen-bond donors (Lipinski definition) is 0. The fraction of sp³-hybridized carbons (Fsp3) is 0.500. The number of nitrogens with zero attached hydrogens (tertiary/aromatic N) is 5. The van der Waals surface area contributed by atoms with E-state index in [1.807, 2.05) is 33.0 Å². The van der Waals surface area contributed by atoms with E-state index in [4.69, 9.17) is 14.7 Å². The predicted octanol–water partition coefficient (Wildman–Crippen LogP) is 5.06. The van der Waals surface area contributed by atoms with Crippen molar-refractivity contribution >= 4 is 42.9 Å². The van der Waals surface area contributed by atoms with E-state index in [0.29, 0.717) is 13.1 Å². The Labute approximate surface area is 230 Å². The summed E-state index contributed by atoms with van der Waals surface area (Å²) in [4.78, 5) is 32.6. The molecule has 2 aromatic heterocycles. The van der Waals surface area contributed by atoms with E-state index >= 15 is 0 Å². The van der Waals surface area contributed by atoms with E-state index in [-0.39, 0.29) is 21.8 Å². The molecule has 1 aliphatic carbocycles. The van der Waals surface area contributed by atoms with Crippen LogP contribution in [-0.4, -0.2) is 73.5 Å². The molecule has 196 valence electrons. The topological polar surface area (TPSA) is 71.5 Å². The van der Waals surface area contributed by atoms with Crippen LogP contribution < -0.4 is 9.51 Å². The number of aryl methyl sites for hydroxylation is 1. The second kappa shape index (κ2) is 11.1. The molecule has 7 nitrogen and oxygen atoms in total. The Hall–Kier alpha value is -2.44. The van der Waals surface area contributed by atoms with Crippen LogP contribution >= 0.6 is 11.3 Å². The van der Waals surface area contributed by atoms with E-state index in [0.717, 1.165) is 49.4 Å². The third kappa shape index (κ3) is 6.53. The van der Waals surface area contributed by atoms with Crippen molar-refractivity contribution in [2.75, 3.05) is 31.1 Å². The summed E-state index contributed by atoms with van der Waals surface area (Å²) in [5, 5.41) is 0.974. The first-order chi connectivity index (χ1) is 17.7. The number of carbonyl (C=O) groups is 1. The normalized spacial score (nSPS) is 17.2. The van der Waals surface area contributed by atoms with E-state index in [2.05, 4.69) is 41.1 Å². The fourth-order valence-electron chi connectivity index (χ4n) is 4.82. The second-order valence-electron chi connectivity index (χ2n) is 10.9. The van der Waals surface area contributed by atoms with Gasteiger partial charge in [0, 0.05) is 0 Å². The van der Waals surface area contributed by atoms with Gasteiger partial charge in [0.2, 0.25) is 0 Å². The SMILES string of the molecule is Cc1cccc(-c2nc(N3CCN(C(=O)OC(C)(C)C)CC3)sc2-c2ccnc([AsH]C3CCCC3)n2)c1. The molecule has 0 N–H and O–H groups in total. The molecule has 3 aromatic rings.